The van der Waals surface area contributed by atoms with Crippen LogP contribution in [0.4, 0.5) is 5.69 Å². The molecule has 1 aromatic heterocycles. The third kappa shape index (κ3) is 3.30. The predicted octanol–water partition coefficient (Wildman–Crippen LogP) is 2.86. The van der Waals surface area contributed by atoms with Crippen molar-refractivity contribution in [2.24, 2.45) is 0 Å². The van der Waals surface area contributed by atoms with Crippen molar-refractivity contribution in [3.63, 3.8) is 0 Å². The highest BCUT2D eigenvalue weighted by atomic mass is 16.7. The number of amides is 1. The number of aromatic nitrogens is 3. The molecule has 148 valence electrons. The molecule has 0 unspecified atom stereocenters. The summed E-state index contributed by atoms with van der Waals surface area (Å²) >= 11 is 0. The molecule has 5 rings (SSSR count). The van der Waals surface area contributed by atoms with Crippen LogP contribution in [-0.4, -0.2) is 26.7 Å². The van der Waals surface area contributed by atoms with Crippen molar-refractivity contribution in [1.82, 2.24) is 15.0 Å². The highest BCUT2D eigenvalue weighted by molar-refractivity contribution is 5.91. The van der Waals surface area contributed by atoms with Crippen molar-refractivity contribution in [3.05, 3.63) is 52.8 Å². The van der Waals surface area contributed by atoms with Gasteiger partial charge >= 0.3 is 0 Å². The van der Waals surface area contributed by atoms with E-state index in [9.17, 15) is 9.59 Å². The van der Waals surface area contributed by atoms with Gasteiger partial charge in [-0.05, 0) is 37.1 Å². The van der Waals surface area contributed by atoms with E-state index in [0.29, 0.717) is 28.1 Å². The van der Waals surface area contributed by atoms with E-state index in [0.717, 1.165) is 30.4 Å². The lowest BCUT2D eigenvalue weighted by atomic mass is 9.94. The van der Waals surface area contributed by atoms with Gasteiger partial charge in [0, 0.05) is 24.6 Å². The van der Waals surface area contributed by atoms with E-state index in [1.165, 1.54) is 6.42 Å². The Morgan fingerprint density at radius 3 is 2.72 bits per heavy atom. The molecule has 2 heterocycles. The molecule has 8 nitrogen and oxygen atoms in total. The average Bonchev–Trinajstić information content (AvgIpc) is 3.07. The number of fused-ring (bicyclic) bond motifs is 2. The first-order valence-electron chi connectivity index (χ1n) is 9.76. The normalized spacial score (nSPS) is 16.8. The largest absolute Gasteiger partial charge is 0.448 e. The second-order valence-electron chi connectivity index (χ2n) is 7.45. The zero-order valence-electron chi connectivity index (χ0n) is 15.8. The number of carbonyl (C=O) groups is 1. The van der Waals surface area contributed by atoms with E-state index in [1.54, 1.807) is 42.5 Å². The van der Waals surface area contributed by atoms with Gasteiger partial charge in [-0.25, -0.2) is 4.68 Å². The van der Waals surface area contributed by atoms with Gasteiger partial charge in [-0.2, -0.15) is 0 Å². The van der Waals surface area contributed by atoms with E-state index in [-0.39, 0.29) is 18.0 Å². The Morgan fingerprint density at radius 2 is 1.86 bits per heavy atom. The third-order valence-electron chi connectivity index (χ3n) is 5.36. The monoisotopic (exact) mass is 392 g/mol. The summed E-state index contributed by atoms with van der Waals surface area (Å²) in [6.45, 7) is -0.227. The van der Waals surface area contributed by atoms with Crippen LogP contribution in [0.1, 0.15) is 32.1 Å². The van der Waals surface area contributed by atoms with Gasteiger partial charge in [0.2, 0.25) is 5.91 Å². The summed E-state index contributed by atoms with van der Waals surface area (Å²) in [7, 11) is 0. The summed E-state index contributed by atoms with van der Waals surface area (Å²) in [5, 5.41) is 11.1. The molecule has 29 heavy (non-hydrogen) atoms. The molecule has 0 radical (unpaired) electrons. The van der Waals surface area contributed by atoms with Crippen LogP contribution in [0.15, 0.2) is 47.3 Å². The van der Waals surface area contributed by atoms with Crippen molar-refractivity contribution in [1.29, 1.82) is 0 Å². The molecular formula is C21H20N4O4. The molecule has 0 bridgehead atoms. The van der Waals surface area contributed by atoms with Crippen molar-refractivity contribution in [3.8, 4) is 11.5 Å². The second kappa shape index (κ2) is 6.88. The van der Waals surface area contributed by atoms with Crippen LogP contribution in [0, 0.1) is 0 Å². The van der Waals surface area contributed by atoms with Gasteiger partial charge in [-0.1, -0.05) is 23.8 Å². The number of rotatable bonds is 3. The van der Waals surface area contributed by atoms with E-state index in [2.05, 4.69) is 15.6 Å². The fourth-order valence-electron chi connectivity index (χ4n) is 3.93. The van der Waals surface area contributed by atoms with Gasteiger partial charge in [0.05, 0.1) is 5.39 Å². The molecule has 1 N–H and O–H groups in total. The fraction of sp³-hybridized carbons (Fsp3) is 0.333. The predicted molar refractivity (Wildman–Crippen MR) is 106 cm³/mol. The maximum Gasteiger partial charge on any atom is 0.278 e. The van der Waals surface area contributed by atoms with Gasteiger partial charge in [-0.3, -0.25) is 9.59 Å². The highest BCUT2D eigenvalue weighted by Gasteiger charge is 2.42. The number of ether oxygens (including phenoxy) is 2. The molecule has 1 aliphatic heterocycles. The fourth-order valence-corrected chi connectivity index (χ4v) is 3.93. The standard InChI is InChI=1S/C21H20N4O4/c26-19(13-25-20(27)15-6-2-3-7-16(15)23-24-25)22-14-8-9-17-18(12-14)29-21(28-17)10-4-1-5-11-21/h2-3,6-9,12H,1,4-5,10-11,13H2,(H,22,26). The summed E-state index contributed by atoms with van der Waals surface area (Å²) < 4.78 is 13.2. The van der Waals surface area contributed by atoms with Gasteiger partial charge < -0.3 is 14.8 Å². The van der Waals surface area contributed by atoms with E-state index in [4.69, 9.17) is 9.47 Å². The molecule has 2 aromatic carbocycles. The van der Waals surface area contributed by atoms with Crippen LogP contribution in [0.2, 0.25) is 0 Å². The Kier molecular flexibility index (Phi) is 4.19. The zero-order chi connectivity index (χ0) is 19.8. The van der Waals surface area contributed by atoms with Crippen molar-refractivity contribution in [2.45, 2.75) is 44.4 Å². The summed E-state index contributed by atoms with van der Waals surface area (Å²) in [5.74, 6) is 0.397. The Balaban J connectivity index is 1.31. The van der Waals surface area contributed by atoms with Crippen LogP contribution in [0.3, 0.4) is 0 Å². The minimum absolute atomic E-state index is 0.227. The highest BCUT2D eigenvalue weighted by Crippen LogP contribution is 2.46. The van der Waals surface area contributed by atoms with Crippen LogP contribution < -0.4 is 20.3 Å². The van der Waals surface area contributed by atoms with Crippen LogP contribution in [0.5, 0.6) is 11.5 Å². The van der Waals surface area contributed by atoms with Gasteiger partial charge in [-0.15, -0.1) is 5.10 Å². The Morgan fingerprint density at radius 1 is 1.07 bits per heavy atom. The first kappa shape index (κ1) is 17.7. The number of nitrogens with zero attached hydrogens (tertiary/aromatic N) is 3. The molecule has 2 aliphatic rings. The molecule has 0 saturated heterocycles. The lowest BCUT2D eigenvalue weighted by molar-refractivity contribution is -0.117. The van der Waals surface area contributed by atoms with Gasteiger partial charge in [0.25, 0.3) is 11.3 Å². The molecule has 0 atom stereocenters. The zero-order valence-corrected chi connectivity index (χ0v) is 15.8. The van der Waals surface area contributed by atoms with Crippen molar-refractivity contribution in [2.75, 3.05) is 5.32 Å². The Hall–Kier alpha value is -3.42. The number of hydrogen-bond acceptors (Lipinski definition) is 6. The number of hydrogen-bond donors (Lipinski definition) is 1. The average molecular weight is 392 g/mol. The quantitative estimate of drug-likeness (QED) is 0.736. The van der Waals surface area contributed by atoms with E-state index >= 15 is 0 Å². The number of nitrogens with one attached hydrogen (secondary N) is 1. The third-order valence-corrected chi connectivity index (χ3v) is 5.36. The van der Waals surface area contributed by atoms with Gasteiger partial charge in [0.1, 0.15) is 12.1 Å². The number of carbonyl (C=O) groups excluding carboxylic acids is 1. The first-order chi connectivity index (χ1) is 14.1. The maximum atomic E-state index is 12.5. The van der Waals surface area contributed by atoms with Crippen molar-refractivity contribution >= 4 is 22.5 Å². The summed E-state index contributed by atoms with van der Waals surface area (Å²) in [4.78, 5) is 24.9. The SMILES string of the molecule is O=C(Cn1nnc2ccccc2c1=O)Nc1ccc2c(c1)OC1(CCCCC1)O2. The minimum Gasteiger partial charge on any atom is -0.448 e. The van der Waals surface area contributed by atoms with E-state index in [1.807, 2.05) is 0 Å². The molecule has 1 amide bonds. The van der Waals surface area contributed by atoms with Crippen LogP contribution >= 0.6 is 0 Å². The lowest BCUT2D eigenvalue weighted by Crippen LogP contribution is -2.40. The second-order valence-corrected chi connectivity index (χ2v) is 7.45. The molecule has 8 heteroatoms. The smallest absolute Gasteiger partial charge is 0.278 e. The Bertz CT molecular complexity index is 1150. The Labute approximate surface area is 166 Å². The molecule has 1 spiro atoms. The number of anilines is 1. The van der Waals surface area contributed by atoms with Crippen molar-refractivity contribution < 1.29 is 14.3 Å². The van der Waals surface area contributed by atoms with Gasteiger partial charge in [0.15, 0.2) is 11.5 Å². The maximum absolute atomic E-state index is 12.5. The molecule has 1 saturated carbocycles. The first-order valence-corrected chi connectivity index (χ1v) is 9.76. The minimum atomic E-state index is -0.558. The summed E-state index contributed by atoms with van der Waals surface area (Å²) in [5.41, 5.74) is 0.726. The number of benzene rings is 2. The molecule has 3 aromatic rings. The molecule has 1 aliphatic carbocycles. The summed E-state index contributed by atoms with van der Waals surface area (Å²) in [6.07, 6.45) is 5.10. The van der Waals surface area contributed by atoms with E-state index < -0.39 is 5.79 Å². The molecule has 1 fully saturated rings. The summed E-state index contributed by atoms with van der Waals surface area (Å²) in [6, 6.07) is 12.2. The van der Waals surface area contributed by atoms with Crippen LogP contribution in [-0.2, 0) is 11.3 Å². The molecular weight excluding hydrogens is 372 g/mol. The van der Waals surface area contributed by atoms with Crippen LogP contribution in [0.25, 0.3) is 10.9 Å². The topological polar surface area (TPSA) is 95.3 Å². The lowest BCUT2D eigenvalue weighted by Gasteiger charge is -2.31.